The largest absolute Gasteiger partial charge is 0.247 e. The molecule has 2 nitrogen and oxygen atoms in total. The SMILES string of the molecule is CCC(CC)C1=CC2(CC(C(CC)CC)=C1)c1ccc3cccc4c3c1-c1c(cc3nc(C)ccc3[n+]12)C4(C)C. The van der Waals surface area contributed by atoms with Crippen LogP contribution in [0.4, 0.5) is 0 Å². The van der Waals surface area contributed by atoms with Crippen molar-refractivity contribution in [1.29, 1.82) is 0 Å². The minimum absolute atomic E-state index is 0.113. The van der Waals surface area contributed by atoms with Crippen molar-refractivity contribution < 1.29 is 4.57 Å². The molecule has 1 aliphatic heterocycles. The Balaban J connectivity index is 1.68. The number of pyridine rings is 2. The molecule has 2 aromatic heterocycles. The lowest BCUT2D eigenvalue weighted by Crippen LogP contribution is -2.56. The quantitative estimate of drug-likeness (QED) is 0.228. The molecule has 0 amide bonds. The summed E-state index contributed by atoms with van der Waals surface area (Å²) in [4.78, 5) is 5.15. The topological polar surface area (TPSA) is 16.8 Å². The molecule has 0 saturated heterocycles. The fourth-order valence-electron chi connectivity index (χ4n) is 8.55. The van der Waals surface area contributed by atoms with Crippen LogP contribution in [0.2, 0.25) is 0 Å². The van der Waals surface area contributed by atoms with Crippen molar-refractivity contribution in [3.8, 4) is 11.3 Å². The van der Waals surface area contributed by atoms with Gasteiger partial charge in [-0.3, -0.25) is 0 Å². The van der Waals surface area contributed by atoms with Crippen LogP contribution in [0.25, 0.3) is 33.1 Å². The number of nitrogens with zero attached hydrogens (tertiary/aromatic N) is 2. The van der Waals surface area contributed by atoms with Crippen molar-refractivity contribution in [2.45, 2.75) is 91.5 Å². The lowest BCUT2D eigenvalue weighted by Gasteiger charge is -2.34. The Labute approximate surface area is 239 Å². The normalized spacial score (nSPS) is 20.2. The van der Waals surface area contributed by atoms with E-state index in [2.05, 4.69) is 114 Å². The molecular formula is C38H43N2+. The Morgan fingerprint density at radius 1 is 0.850 bits per heavy atom. The van der Waals surface area contributed by atoms with Crippen LogP contribution in [0.3, 0.4) is 0 Å². The summed E-state index contributed by atoms with van der Waals surface area (Å²) in [7, 11) is 0. The molecule has 0 N–H and O–H groups in total. The number of aromatic nitrogens is 2. The van der Waals surface area contributed by atoms with E-state index in [-0.39, 0.29) is 11.0 Å². The third-order valence-corrected chi connectivity index (χ3v) is 10.7. The molecule has 7 rings (SSSR count). The van der Waals surface area contributed by atoms with Gasteiger partial charge in [-0.05, 0) is 79.2 Å². The van der Waals surface area contributed by atoms with Crippen LogP contribution in [0.15, 0.2) is 71.8 Å². The van der Waals surface area contributed by atoms with Gasteiger partial charge in [0.15, 0.2) is 0 Å². The maximum absolute atomic E-state index is 5.15. The van der Waals surface area contributed by atoms with Crippen molar-refractivity contribution in [3.05, 3.63) is 94.2 Å². The lowest BCUT2D eigenvalue weighted by molar-refractivity contribution is -0.703. The van der Waals surface area contributed by atoms with Crippen LogP contribution in [0, 0.1) is 18.8 Å². The van der Waals surface area contributed by atoms with Gasteiger partial charge in [0.2, 0.25) is 16.7 Å². The third-order valence-electron chi connectivity index (χ3n) is 10.7. The molecule has 3 aliphatic rings. The van der Waals surface area contributed by atoms with Gasteiger partial charge < -0.3 is 0 Å². The fourth-order valence-corrected chi connectivity index (χ4v) is 8.55. The zero-order chi connectivity index (χ0) is 28.0. The van der Waals surface area contributed by atoms with E-state index >= 15 is 0 Å². The van der Waals surface area contributed by atoms with Crippen LogP contribution in [-0.2, 0) is 11.0 Å². The highest BCUT2D eigenvalue weighted by atomic mass is 15.1. The van der Waals surface area contributed by atoms with Crippen LogP contribution in [0.5, 0.6) is 0 Å². The van der Waals surface area contributed by atoms with Gasteiger partial charge in [-0.1, -0.05) is 83.5 Å². The molecule has 2 heteroatoms. The Kier molecular flexibility index (Phi) is 5.70. The summed E-state index contributed by atoms with van der Waals surface area (Å²) in [5.41, 5.74) is 13.5. The summed E-state index contributed by atoms with van der Waals surface area (Å²) < 4.78 is 2.75. The second-order valence-electron chi connectivity index (χ2n) is 13.1. The zero-order valence-electron chi connectivity index (χ0n) is 25.4. The molecule has 2 aromatic carbocycles. The molecule has 0 bridgehead atoms. The van der Waals surface area contributed by atoms with Gasteiger partial charge >= 0.3 is 0 Å². The highest BCUT2D eigenvalue weighted by molar-refractivity contribution is 6.05. The van der Waals surface area contributed by atoms with Gasteiger partial charge in [0, 0.05) is 40.1 Å². The molecule has 1 spiro atoms. The molecule has 2 aliphatic carbocycles. The van der Waals surface area contributed by atoms with Crippen LogP contribution in [0.1, 0.15) is 96.0 Å². The van der Waals surface area contributed by atoms with Crippen molar-refractivity contribution >= 4 is 21.8 Å². The van der Waals surface area contributed by atoms with Crippen molar-refractivity contribution in [2.75, 3.05) is 0 Å². The predicted molar refractivity (Wildman–Crippen MR) is 168 cm³/mol. The summed E-state index contributed by atoms with van der Waals surface area (Å²) in [6.07, 6.45) is 11.1. The second-order valence-corrected chi connectivity index (χ2v) is 13.1. The number of fused-ring (bicyclic) bond motifs is 4. The smallest absolute Gasteiger partial charge is 0.232 e. The molecule has 0 radical (unpaired) electrons. The van der Waals surface area contributed by atoms with Crippen molar-refractivity contribution in [1.82, 2.24) is 4.98 Å². The van der Waals surface area contributed by atoms with Crippen molar-refractivity contribution in [3.63, 3.8) is 0 Å². The minimum atomic E-state index is -0.248. The highest BCUT2D eigenvalue weighted by Crippen LogP contribution is 2.57. The number of rotatable bonds is 6. The Morgan fingerprint density at radius 3 is 2.33 bits per heavy atom. The first-order valence-corrected chi connectivity index (χ1v) is 15.7. The first-order valence-electron chi connectivity index (χ1n) is 15.7. The van der Waals surface area contributed by atoms with E-state index < -0.39 is 0 Å². The number of allylic oxidation sites excluding steroid dienone is 4. The Hall–Kier alpha value is -3.26. The van der Waals surface area contributed by atoms with Gasteiger partial charge in [-0.15, -0.1) is 0 Å². The molecular weight excluding hydrogens is 484 g/mol. The molecule has 1 unspecified atom stereocenters. The summed E-state index contributed by atoms with van der Waals surface area (Å²) in [6, 6.07) is 18.8. The second kappa shape index (κ2) is 8.87. The number of benzene rings is 2. The van der Waals surface area contributed by atoms with E-state index in [1.54, 1.807) is 5.57 Å². The van der Waals surface area contributed by atoms with Crippen molar-refractivity contribution in [2.24, 2.45) is 11.8 Å². The van der Waals surface area contributed by atoms with Gasteiger partial charge in [0.1, 0.15) is 5.52 Å². The lowest BCUT2D eigenvalue weighted by atomic mass is 9.68. The van der Waals surface area contributed by atoms with E-state index in [0.29, 0.717) is 11.8 Å². The highest BCUT2D eigenvalue weighted by Gasteiger charge is 2.57. The molecule has 204 valence electrons. The molecule has 40 heavy (non-hydrogen) atoms. The number of hydrogen-bond donors (Lipinski definition) is 0. The first kappa shape index (κ1) is 25.7. The van der Waals surface area contributed by atoms with E-state index in [1.165, 1.54) is 75.5 Å². The standard InChI is InChI=1S/C38H43N2/c1-8-24(9-2)27-19-28(25(10-3)11-4)22-38(21-27)30-17-16-26-13-12-14-29-34(26)35(30)36-31(37(29,6)7)20-32-33(40(36)38)18-15-23(5)39-32/h12-21,24-25H,8-11,22H2,1-7H3/q+1. The summed E-state index contributed by atoms with van der Waals surface area (Å²) >= 11 is 0. The average molecular weight is 528 g/mol. The van der Waals surface area contributed by atoms with Crippen LogP contribution < -0.4 is 4.57 Å². The molecule has 0 saturated carbocycles. The van der Waals surface area contributed by atoms with E-state index in [9.17, 15) is 0 Å². The molecule has 3 heterocycles. The van der Waals surface area contributed by atoms with E-state index in [0.717, 1.165) is 17.6 Å². The van der Waals surface area contributed by atoms with E-state index in [1.807, 2.05) is 0 Å². The Morgan fingerprint density at radius 2 is 1.60 bits per heavy atom. The zero-order valence-corrected chi connectivity index (χ0v) is 25.4. The van der Waals surface area contributed by atoms with Crippen LogP contribution >= 0.6 is 0 Å². The predicted octanol–water partition coefficient (Wildman–Crippen LogP) is 9.48. The Bertz CT molecular complexity index is 1760. The summed E-state index contributed by atoms with van der Waals surface area (Å²) in [5, 5.41) is 2.81. The minimum Gasteiger partial charge on any atom is -0.247 e. The number of aryl methyl sites for hydroxylation is 1. The van der Waals surface area contributed by atoms with E-state index in [4.69, 9.17) is 4.98 Å². The van der Waals surface area contributed by atoms with Gasteiger partial charge in [-0.25, -0.2) is 4.98 Å². The molecule has 4 aromatic rings. The van der Waals surface area contributed by atoms with Gasteiger partial charge in [0.25, 0.3) is 0 Å². The maximum atomic E-state index is 5.15. The average Bonchev–Trinajstić information content (AvgIpc) is 3.22. The first-order chi connectivity index (χ1) is 19.3. The third kappa shape index (κ3) is 3.22. The molecule has 0 fully saturated rings. The molecule has 1 atom stereocenters. The number of hydrogen-bond acceptors (Lipinski definition) is 1. The fraction of sp³-hybridized carbons (Fsp3) is 0.421. The monoisotopic (exact) mass is 527 g/mol. The van der Waals surface area contributed by atoms with Crippen LogP contribution in [-0.4, -0.2) is 4.98 Å². The maximum Gasteiger partial charge on any atom is 0.232 e. The summed E-state index contributed by atoms with van der Waals surface area (Å²) in [5.74, 6) is 1.18. The van der Waals surface area contributed by atoms with Gasteiger partial charge in [-0.2, -0.15) is 4.57 Å². The summed E-state index contributed by atoms with van der Waals surface area (Å²) in [6.45, 7) is 16.4. The van der Waals surface area contributed by atoms with Gasteiger partial charge in [0.05, 0.1) is 5.56 Å².